The van der Waals surface area contributed by atoms with Gasteiger partial charge >= 0.3 is 0 Å². The topological polar surface area (TPSA) is 58.1 Å². The lowest BCUT2D eigenvalue weighted by Gasteiger charge is -2.32. The fraction of sp³-hybridized carbons (Fsp3) is 0.533. The summed E-state index contributed by atoms with van der Waals surface area (Å²) in [6.45, 7) is 9.10. The van der Waals surface area contributed by atoms with Crippen LogP contribution in [0.2, 0.25) is 0 Å². The number of carbonyl (C=O) groups excluding carboxylic acids is 1. The Morgan fingerprint density at radius 1 is 1.50 bits per heavy atom. The maximum absolute atomic E-state index is 11.3. The second-order valence-electron chi connectivity index (χ2n) is 5.28. The molecule has 1 aliphatic heterocycles. The number of anilines is 1. The molecule has 1 saturated heterocycles. The zero-order chi connectivity index (χ0) is 14.5. The van der Waals surface area contributed by atoms with E-state index in [1.807, 2.05) is 17.0 Å². The number of piperidine rings is 1. The largest absolute Gasteiger partial charge is 0.367 e. The van der Waals surface area contributed by atoms with Crippen LogP contribution in [0, 0.1) is 0 Å². The van der Waals surface area contributed by atoms with Gasteiger partial charge in [0.25, 0.3) is 0 Å². The van der Waals surface area contributed by atoms with Crippen molar-refractivity contribution in [2.75, 3.05) is 18.4 Å². The Labute approximate surface area is 120 Å². The molecule has 0 spiro atoms. The summed E-state index contributed by atoms with van der Waals surface area (Å²) in [5.74, 6) is 1.23. The van der Waals surface area contributed by atoms with Crippen LogP contribution in [0.1, 0.15) is 38.3 Å². The Kier molecular flexibility index (Phi) is 4.71. The number of rotatable bonds is 4. The Morgan fingerprint density at radius 3 is 2.80 bits per heavy atom. The smallest absolute Gasteiger partial charge is 0.219 e. The molecule has 0 radical (unpaired) electrons. The second kappa shape index (κ2) is 6.50. The van der Waals surface area contributed by atoms with Crippen molar-refractivity contribution in [2.24, 2.45) is 0 Å². The standard InChI is InChI=1S/C15H22N4O/c1-4-11(2)14-9-15(17-10-16-14)18-13-5-7-19(8-6-13)12(3)20/h4,9-11,13H,1,5-8H2,2-3H3,(H,16,17,18). The second-order valence-corrected chi connectivity index (χ2v) is 5.28. The first-order valence-corrected chi connectivity index (χ1v) is 7.06. The average molecular weight is 274 g/mol. The average Bonchev–Trinajstić information content (AvgIpc) is 2.47. The van der Waals surface area contributed by atoms with Gasteiger partial charge < -0.3 is 10.2 Å². The molecule has 2 heterocycles. The minimum absolute atomic E-state index is 0.160. The third-order valence-corrected chi connectivity index (χ3v) is 3.80. The van der Waals surface area contributed by atoms with Crippen molar-refractivity contribution >= 4 is 11.7 Å². The Morgan fingerprint density at radius 2 is 2.20 bits per heavy atom. The maximum atomic E-state index is 11.3. The minimum atomic E-state index is 0.160. The monoisotopic (exact) mass is 274 g/mol. The quantitative estimate of drug-likeness (QED) is 0.855. The molecule has 20 heavy (non-hydrogen) atoms. The van der Waals surface area contributed by atoms with Crippen LogP contribution in [-0.4, -0.2) is 39.9 Å². The molecule has 5 nitrogen and oxygen atoms in total. The van der Waals surface area contributed by atoms with E-state index in [1.165, 1.54) is 0 Å². The first-order valence-electron chi connectivity index (χ1n) is 7.06. The van der Waals surface area contributed by atoms with Crippen molar-refractivity contribution in [2.45, 2.75) is 38.6 Å². The maximum Gasteiger partial charge on any atom is 0.219 e. The van der Waals surface area contributed by atoms with Gasteiger partial charge in [-0.3, -0.25) is 4.79 Å². The summed E-state index contributed by atoms with van der Waals surface area (Å²) >= 11 is 0. The molecule has 0 saturated carbocycles. The Bertz CT molecular complexity index is 481. The number of hydrogen-bond donors (Lipinski definition) is 1. The van der Waals surface area contributed by atoms with Gasteiger partial charge in [0.2, 0.25) is 5.91 Å². The fourth-order valence-electron chi connectivity index (χ4n) is 2.37. The van der Waals surface area contributed by atoms with Crippen molar-refractivity contribution in [1.82, 2.24) is 14.9 Å². The van der Waals surface area contributed by atoms with Crippen LogP contribution in [-0.2, 0) is 4.79 Å². The number of allylic oxidation sites excluding steroid dienone is 1. The number of hydrogen-bond acceptors (Lipinski definition) is 4. The third-order valence-electron chi connectivity index (χ3n) is 3.80. The number of nitrogens with zero attached hydrogens (tertiary/aromatic N) is 3. The van der Waals surface area contributed by atoms with Crippen LogP contribution in [0.4, 0.5) is 5.82 Å². The molecule has 1 N–H and O–H groups in total. The van der Waals surface area contributed by atoms with E-state index in [4.69, 9.17) is 0 Å². The number of nitrogens with one attached hydrogen (secondary N) is 1. The lowest BCUT2D eigenvalue weighted by atomic mass is 10.0. The summed E-state index contributed by atoms with van der Waals surface area (Å²) in [7, 11) is 0. The number of carbonyl (C=O) groups is 1. The van der Waals surface area contributed by atoms with E-state index in [2.05, 4.69) is 28.8 Å². The SMILES string of the molecule is C=CC(C)c1cc(NC2CCN(C(C)=O)CC2)ncn1. The van der Waals surface area contributed by atoms with Crippen LogP contribution in [0.5, 0.6) is 0 Å². The van der Waals surface area contributed by atoms with Crippen molar-refractivity contribution in [3.63, 3.8) is 0 Å². The zero-order valence-corrected chi connectivity index (χ0v) is 12.2. The molecule has 1 fully saturated rings. The Hall–Kier alpha value is -1.91. The number of amides is 1. The molecule has 5 heteroatoms. The van der Waals surface area contributed by atoms with E-state index in [9.17, 15) is 4.79 Å². The first kappa shape index (κ1) is 14.5. The highest BCUT2D eigenvalue weighted by molar-refractivity contribution is 5.73. The van der Waals surface area contributed by atoms with Crippen molar-refractivity contribution < 1.29 is 4.79 Å². The molecule has 1 amide bonds. The van der Waals surface area contributed by atoms with Crippen LogP contribution in [0.3, 0.4) is 0 Å². The molecule has 1 aromatic rings. The summed E-state index contributed by atoms with van der Waals surface area (Å²) < 4.78 is 0. The predicted octanol–water partition coefficient (Wildman–Crippen LogP) is 2.19. The Balaban J connectivity index is 1.94. The minimum Gasteiger partial charge on any atom is -0.367 e. The van der Waals surface area contributed by atoms with Gasteiger partial charge in [-0.1, -0.05) is 13.0 Å². The van der Waals surface area contributed by atoms with E-state index in [1.54, 1.807) is 13.3 Å². The predicted molar refractivity (Wildman–Crippen MR) is 79.5 cm³/mol. The van der Waals surface area contributed by atoms with E-state index in [-0.39, 0.29) is 11.8 Å². The number of likely N-dealkylation sites (tertiary alicyclic amines) is 1. The molecule has 0 aliphatic carbocycles. The lowest BCUT2D eigenvalue weighted by Crippen LogP contribution is -2.41. The zero-order valence-electron chi connectivity index (χ0n) is 12.2. The van der Waals surface area contributed by atoms with Gasteiger partial charge in [-0.25, -0.2) is 9.97 Å². The summed E-state index contributed by atoms with van der Waals surface area (Å²) in [4.78, 5) is 21.7. The fourth-order valence-corrected chi connectivity index (χ4v) is 2.37. The first-order chi connectivity index (χ1) is 9.60. The van der Waals surface area contributed by atoms with Crippen LogP contribution >= 0.6 is 0 Å². The van der Waals surface area contributed by atoms with Crippen LogP contribution < -0.4 is 5.32 Å². The van der Waals surface area contributed by atoms with E-state index in [0.29, 0.717) is 6.04 Å². The van der Waals surface area contributed by atoms with Gasteiger partial charge in [-0.05, 0) is 12.8 Å². The van der Waals surface area contributed by atoms with E-state index < -0.39 is 0 Å². The molecule has 2 rings (SSSR count). The van der Waals surface area contributed by atoms with Gasteiger partial charge in [0, 0.05) is 38.0 Å². The van der Waals surface area contributed by atoms with E-state index in [0.717, 1.165) is 37.4 Å². The van der Waals surface area contributed by atoms with Gasteiger partial charge in [0.05, 0.1) is 5.69 Å². The van der Waals surface area contributed by atoms with Crippen LogP contribution in [0.15, 0.2) is 25.0 Å². The highest BCUT2D eigenvalue weighted by Gasteiger charge is 2.20. The molecule has 0 bridgehead atoms. The van der Waals surface area contributed by atoms with Crippen LogP contribution in [0.25, 0.3) is 0 Å². The van der Waals surface area contributed by atoms with Gasteiger partial charge in [-0.2, -0.15) is 0 Å². The molecule has 1 aromatic heterocycles. The van der Waals surface area contributed by atoms with Crippen molar-refractivity contribution in [3.8, 4) is 0 Å². The summed E-state index contributed by atoms with van der Waals surface area (Å²) in [5, 5.41) is 3.44. The number of aromatic nitrogens is 2. The van der Waals surface area contributed by atoms with Gasteiger partial charge in [0.1, 0.15) is 12.1 Å². The third kappa shape index (κ3) is 3.56. The lowest BCUT2D eigenvalue weighted by molar-refractivity contribution is -0.129. The summed E-state index contributed by atoms with van der Waals surface area (Å²) in [5.41, 5.74) is 0.971. The molecular formula is C15H22N4O. The molecular weight excluding hydrogens is 252 g/mol. The summed E-state index contributed by atoms with van der Waals surface area (Å²) in [6.07, 6.45) is 5.37. The normalized spacial score (nSPS) is 17.6. The summed E-state index contributed by atoms with van der Waals surface area (Å²) in [6, 6.07) is 2.34. The van der Waals surface area contributed by atoms with Crippen molar-refractivity contribution in [1.29, 1.82) is 0 Å². The molecule has 0 aromatic carbocycles. The highest BCUT2D eigenvalue weighted by Crippen LogP contribution is 2.18. The van der Waals surface area contributed by atoms with Gasteiger partial charge in [-0.15, -0.1) is 6.58 Å². The highest BCUT2D eigenvalue weighted by atomic mass is 16.2. The molecule has 108 valence electrons. The van der Waals surface area contributed by atoms with Gasteiger partial charge in [0.15, 0.2) is 0 Å². The van der Waals surface area contributed by atoms with Crippen molar-refractivity contribution in [3.05, 3.63) is 30.7 Å². The molecule has 1 unspecified atom stereocenters. The molecule has 1 aliphatic rings. The molecule has 1 atom stereocenters. The van der Waals surface area contributed by atoms with E-state index >= 15 is 0 Å².